The van der Waals surface area contributed by atoms with Crippen molar-refractivity contribution in [2.75, 3.05) is 6.54 Å². The average Bonchev–Trinajstić information content (AvgIpc) is 3.03. The highest BCUT2D eigenvalue weighted by Crippen LogP contribution is 2.34. The number of aliphatic hydroxyl groups is 1. The number of benzene rings is 1. The van der Waals surface area contributed by atoms with Crippen molar-refractivity contribution < 1.29 is 9.90 Å². The number of para-hydroxylation sites is 1. The minimum Gasteiger partial charge on any atom is -0.385 e. The minimum atomic E-state index is -0.811. The van der Waals surface area contributed by atoms with Gasteiger partial charge in [-0.1, -0.05) is 23.7 Å². The quantitative estimate of drug-likeness (QED) is 0.712. The molecular formula is C17H15ClN4O2. The zero-order valence-electron chi connectivity index (χ0n) is 12.9. The largest absolute Gasteiger partial charge is 0.385 e. The highest BCUT2D eigenvalue weighted by molar-refractivity contribution is 6.35. The van der Waals surface area contributed by atoms with Gasteiger partial charge in [-0.25, -0.2) is 4.98 Å². The van der Waals surface area contributed by atoms with Crippen molar-refractivity contribution in [2.24, 2.45) is 0 Å². The lowest BCUT2D eigenvalue weighted by molar-refractivity contribution is 0.0432. The second-order valence-corrected chi connectivity index (χ2v) is 6.26. The van der Waals surface area contributed by atoms with Crippen molar-refractivity contribution in [2.45, 2.75) is 19.1 Å². The van der Waals surface area contributed by atoms with Gasteiger partial charge in [-0.15, -0.1) is 0 Å². The number of aromatic amines is 1. The average molecular weight is 343 g/mol. The molecule has 0 saturated carbocycles. The van der Waals surface area contributed by atoms with Crippen molar-refractivity contribution in [3.8, 4) is 0 Å². The number of amides is 1. The Morgan fingerprint density at radius 3 is 3.00 bits per heavy atom. The molecule has 4 rings (SSSR count). The molecule has 0 aliphatic carbocycles. The summed E-state index contributed by atoms with van der Waals surface area (Å²) in [6.07, 6.45) is 0.836. The van der Waals surface area contributed by atoms with Gasteiger partial charge >= 0.3 is 0 Å². The summed E-state index contributed by atoms with van der Waals surface area (Å²) in [5.41, 5.74) is 2.74. The van der Waals surface area contributed by atoms with Crippen molar-refractivity contribution in [1.29, 1.82) is 0 Å². The summed E-state index contributed by atoms with van der Waals surface area (Å²) in [4.78, 5) is 26.1. The normalized spacial score (nSPS) is 20.2. The van der Waals surface area contributed by atoms with Crippen LogP contribution >= 0.6 is 11.6 Å². The molecule has 1 amide bonds. The predicted octanol–water partition coefficient (Wildman–Crippen LogP) is 2.86. The molecule has 0 radical (unpaired) electrons. The van der Waals surface area contributed by atoms with Crippen LogP contribution in [0.4, 0.5) is 0 Å². The first-order valence-electron chi connectivity index (χ1n) is 7.64. The third-order valence-electron chi connectivity index (χ3n) is 4.40. The molecule has 0 unspecified atom stereocenters. The molecule has 1 aromatic carbocycles. The Balaban J connectivity index is 1.73. The first-order chi connectivity index (χ1) is 11.6. The lowest BCUT2D eigenvalue weighted by atomic mass is 9.96. The van der Waals surface area contributed by atoms with E-state index in [1.54, 1.807) is 29.3 Å². The summed E-state index contributed by atoms with van der Waals surface area (Å²) in [6, 6.07) is 8.83. The molecule has 0 saturated heterocycles. The number of nitrogens with one attached hydrogen (secondary N) is 1. The summed E-state index contributed by atoms with van der Waals surface area (Å²) < 4.78 is 0. The molecule has 7 heteroatoms. The van der Waals surface area contributed by atoms with Gasteiger partial charge in [0.1, 0.15) is 11.6 Å². The van der Waals surface area contributed by atoms with Crippen molar-refractivity contribution in [1.82, 2.24) is 19.9 Å². The van der Waals surface area contributed by atoms with Gasteiger partial charge in [-0.3, -0.25) is 9.78 Å². The number of pyridine rings is 1. The first-order valence-corrected chi connectivity index (χ1v) is 8.02. The van der Waals surface area contributed by atoms with Gasteiger partial charge in [0.2, 0.25) is 0 Å². The number of carbonyl (C=O) groups is 1. The van der Waals surface area contributed by atoms with Crippen LogP contribution in [0, 0.1) is 0 Å². The lowest BCUT2D eigenvalue weighted by Crippen LogP contribution is -2.41. The molecule has 3 aromatic rings. The molecule has 3 heterocycles. The number of fused-ring (bicyclic) bond motifs is 2. The van der Waals surface area contributed by atoms with E-state index in [-0.39, 0.29) is 24.3 Å². The first kappa shape index (κ1) is 15.1. The molecule has 2 N–H and O–H groups in total. The van der Waals surface area contributed by atoms with E-state index in [1.165, 1.54) is 0 Å². The number of aliphatic hydroxyl groups excluding tert-OH is 1. The number of hydrogen-bond acceptors (Lipinski definition) is 4. The van der Waals surface area contributed by atoms with E-state index >= 15 is 0 Å². The van der Waals surface area contributed by atoms with Crippen LogP contribution in [-0.2, 0) is 0 Å². The van der Waals surface area contributed by atoms with Gasteiger partial charge in [-0.2, -0.15) is 0 Å². The summed E-state index contributed by atoms with van der Waals surface area (Å²) in [5, 5.41) is 10.8. The van der Waals surface area contributed by atoms with Crippen molar-refractivity contribution in [3.63, 3.8) is 0 Å². The fraction of sp³-hybridized carbons (Fsp3) is 0.235. The van der Waals surface area contributed by atoms with Crippen LogP contribution in [0.15, 0.2) is 36.5 Å². The van der Waals surface area contributed by atoms with Crippen LogP contribution < -0.4 is 0 Å². The maximum atomic E-state index is 12.9. The van der Waals surface area contributed by atoms with E-state index in [0.717, 1.165) is 5.56 Å². The standard InChI is InChI=1S/C17H15ClN4O2/c1-9-10-4-3-7-19-14(10)13(23)8-22(9)17(24)16-20-12-6-2-5-11(18)15(12)21-16/h2-7,9,13,23H,8H2,1H3,(H,20,21)/t9-,13+/m0/s1. The zero-order chi connectivity index (χ0) is 16.8. The number of aromatic nitrogens is 3. The number of rotatable bonds is 1. The Bertz CT molecular complexity index is 939. The maximum Gasteiger partial charge on any atom is 0.290 e. The number of nitrogens with zero attached hydrogens (tertiary/aromatic N) is 3. The molecule has 0 spiro atoms. The highest BCUT2D eigenvalue weighted by atomic mass is 35.5. The van der Waals surface area contributed by atoms with Gasteiger partial charge in [0.25, 0.3) is 5.91 Å². The molecule has 0 fully saturated rings. The smallest absolute Gasteiger partial charge is 0.290 e. The number of halogens is 1. The van der Waals surface area contributed by atoms with Crippen LogP contribution in [0.3, 0.4) is 0 Å². The third kappa shape index (κ3) is 2.26. The summed E-state index contributed by atoms with van der Waals surface area (Å²) in [5.74, 6) is -0.0622. The number of imidazole rings is 1. The molecule has 1 aliphatic rings. The Morgan fingerprint density at radius 2 is 2.21 bits per heavy atom. The van der Waals surface area contributed by atoms with E-state index in [9.17, 15) is 9.90 Å². The van der Waals surface area contributed by atoms with E-state index in [2.05, 4.69) is 15.0 Å². The molecule has 2 atom stereocenters. The van der Waals surface area contributed by atoms with Gasteiger partial charge in [-0.05, 0) is 30.7 Å². The summed E-state index contributed by atoms with van der Waals surface area (Å²) in [7, 11) is 0. The van der Waals surface area contributed by atoms with Crippen LogP contribution in [0.1, 0.15) is 40.9 Å². The van der Waals surface area contributed by atoms with Crippen LogP contribution in [-0.4, -0.2) is 37.4 Å². The van der Waals surface area contributed by atoms with E-state index in [0.29, 0.717) is 21.7 Å². The number of hydrogen-bond donors (Lipinski definition) is 2. The van der Waals surface area contributed by atoms with Crippen LogP contribution in [0.25, 0.3) is 11.0 Å². The number of β-amino-alcohol motifs (C(OH)–C–C–N with tert-alkyl or cyclic N) is 1. The Morgan fingerprint density at radius 1 is 1.38 bits per heavy atom. The van der Waals surface area contributed by atoms with Gasteiger partial charge in [0.05, 0.1) is 28.8 Å². The topological polar surface area (TPSA) is 82.1 Å². The predicted molar refractivity (Wildman–Crippen MR) is 89.8 cm³/mol. The van der Waals surface area contributed by atoms with Crippen LogP contribution in [0.2, 0.25) is 5.02 Å². The molecule has 0 bridgehead atoms. The number of H-pyrrole nitrogens is 1. The van der Waals surface area contributed by atoms with Crippen LogP contribution in [0.5, 0.6) is 0 Å². The zero-order valence-corrected chi connectivity index (χ0v) is 13.7. The molecule has 6 nitrogen and oxygen atoms in total. The SMILES string of the molecule is C[C@H]1c2cccnc2[C@H](O)CN1C(=O)c1nc2c(Cl)cccc2[nH]1. The fourth-order valence-electron chi connectivity index (χ4n) is 3.15. The highest BCUT2D eigenvalue weighted by Gasteiger charge is 2.34. The van der Waals surface area contributed by atoms with Crippen molar-refractivity contribution in [3.05, 3.63) is 58.6 Å². The Labute approximate surface area is 143 Å². The second-order valence-electron chi connectivity index (χ2n) is 5.85. The molecule has 2 aromatic heterocycles. The fourth-order valence-corrected chi connectivity index (χ4v) is 3.37. The Kier molecular flexibility index (Phi) is 3.51. The molecule has 24 heavy (non-hydrogen) atoms. The molecule has 1 aliphatic heterocycles. The summed E-state index contributed by atoms with van der Waals surface area (Å²) in [6.45, 7) is 2.09. The van der Waals surface area contributed by atoms with Gasteiger partial charge in [0.15, 0.2) is 5.82 Å². The number of carbonyl (C=O) groups excluding carboxylic acids is 1. The Hall–Kier alpha value is -2.44. The molecular weight excluding hydrogens is 328 g/mol. The lowest BCUT2D eigenvalue weighted by Gasteiger charge is -2.36. The van der Waals surface area contributed by atoms with Gasteiger partial charge in [0, 0.05) is 6.20 Å². The summed E-state index contributed by atoms with van der Waals surface area (Å²) >= 11 is 6.12. The van der Waals surface area contributed by atoms with E-state index in [4.69, 9.17) is 11.6 Å². The van der Waals surface area contributed by atoms with E-state index < -0.39 is 6.10 Å². The van der Waals surface area contributed by atoms with Gasteiger partial charge < -0.3 is 15.0 Å². The third-order valence-corrected chi connectivity index (χ3v) is 4.71. The minimum absolute atomic E-state index is 0.175. The monoisotopic (exact) mass is 342 g/mol. The second kappa shape index (κ2) is 5.58. The maximum absolute atomic E-state index is 12.9. The molecule has 122 valence electrons. The van der Waals surface area contributed by atoms with Crippen molar-refractivity contribution >= 4 is 28.5 Å². The van der Waals surface area contributed by atoms with E-state index in [1.807, 2.05) is 19.1 Å².